The van der Waals surface area contributed by atoms with Crippen molar-refractivity contribution in [2.75, 3.05) is 0 Å². The van der Waals surface area contributed by atoms with E-state index < -0.39 is 0 Å². The van der Waals surface area contributed by atoms with E-state index in [-0.39, 0.29) is 0 Å². The Morgan fingerprint density at radius 2 is 0.614 bits per heavy atom. The van der Waals surface area contributed by atoms with E-state index in [0.717, 1.165) is 44.1 Å². The van der Waals surface area contributed by atoms with E-state index in [0.29, 0.717) is 17.6 Å². The molecule has 0 saturated carbocycles. The molecule has 0 saturated heterocycles. The summed E-state index contributed by atoms with van der Waals surface area (Å²) in [6.07, 6.45) is 0. The number of hydrogen-bond donors (Lipinski definition) is 0. The van der Waals surface area contributed by atoms with Crippen molar-refractivity contribution in [3.05, 3.63) is 194 Å². The van der Waals surface area contributed by atoms with Crippen LogP contribution in [0.2, 0.25) is 0 Å². The number of hydrogen-bond acceptors (Lipinski definition) is 3. The van der Waals surface area contributed by atoms with E-state index in [1.807, 2.05) is 60.7 Å². The van der Waals surface area contributed by atoms with Crippen LogP contribution in [0.3, 0.4) is 0 Å². The van der Waals surface area contributed by atoms with Crippen LogP contribution in [-0.2, 0) is 7.05 Å². The number of nitrogens with zero attached hydrogens (tertiary/aromatic N) is 5. The van der Waals surface area contributed by atoms with Gasteiger partial charge in [0.1, 0.15) is 0 Å². The normalized spacial score (nSPS) is 11.6. The van der Waals surface area contributed by atoms with E-state index in [9.17, 15) is 0 Å². The molecule has 0 aliphatic carbocycles. The Labute approximate surface area is 329 Å². The fourth-order valence-corrected chi connectivity index (χ4v) is 8.33. The second-order valence-corrected chi connectivity index (χ2v) is 14.6. The highest BCUT2D eigenvalue weighted by atomic mass is 15.2. The number of fused-ring (bicyclic) bond motifs is 6. The van der Waals surface area contributed by atoms with E-state index in [1.54, 1.807) is 0 Å². The Bertz CT molecular complexity index is 3220. The molecule has 0 radical (unpaired) electrons. The molecule has 5 heteroatoms. The average Bonchev–Trinajstić information content (AvgIpc) is 3.77. The van der Waals surface area contributed by atoms with Crippen LogP contribution in [0.1, 0.15) is 0 Å². The average molecular weight is 730 g/mol. The highest BCUT2D eigenvalue weighted by Gasteiger charge is 2.20. The molecule has 0 atom stereocenters. The zero-order chi connectivity index (χ0) is 37.9. The third kappa shape index (κ3) is 5.59. The van der Waals surface area contributed by atoms with Crippen LogP contribution in [0.4, 0.5) is 0 Å². The maximum absolute atomic E-state index is 5.17. The van der Waals surface area contributed by atoms with Crippen molar-refractivity contribution in [2.24, 2.45) is 7.05 Å². The SMILES string of the molecule is Cn1c2ccc(-c3ccccc3)cc2c2cc(-c3ccc4c(c3)c3cc(-c5ccccc5)ccc3n4-c3nc(-c4ccccc4)nc(-c4ccccc4)n3)ccc21. The molecule has 0 aliphatic rings. The molecule has 0 bridgehead atoms. The number of benzene rings is 8. The molecule has 0 N–H and O–H groups in total. The lowest BCUT2D eigenvalue weighted by atomic mass is 9.98. The van der Waals surface area contributed by atoms with E-state index in [4.69, 9.17) is 15.0 Å². The lowest BCUT2D eigenvalue weighted by Gasteiger charge is -2.11. The summed E-state index contributed by atoms with van der Waals surface area (Å²) in [5, 5.41) is 4.75. The molecule has 11 rings (SSSR count). The Hall–Kier alpha value is -7.63. The van der Waals surface area contributed by atoms with Crippen molar-refractivity contribution < 1.29 is 0 Å². The first-order valence-electron chi connectivity index (χ1n) is 19.3. The first-order valence-corrected chi connectivity index (χ1v) is 19.3. The molecule has 0 unspecified atom stereocenters. The molecule has 5 nitrogen and oxygen atoms in total. The van der Waals surface area contributed by atoms with Crippen LogP contribution in [0.25, 0.3) is 106 Å². The summed E-state index contributed by atoms with van der Waals surface area (Å²) in [4.78, 5) is 15.3. The van der Waals surface area contributed by atoms with Crippen molar-refractivity contribution >= 4 is 43.6 Å². The van der Waals surface area contributed by atoms with Crippen LogP contribution in [0, 0.1) is 0 Å². The van der Waals surface area contributed by atoms with Gasteiger partial charge in [0.15, 0.2) is 11.6 Å². The van der Waals surface area contributed by atoms with Crippen LogP contribution < -0.4 is 0 Å². The topological polar surface area (TPSA) is 48.5 Å². The zero-order valence-electron chi connectivity index (χ0n) is 31.2. The molecule has 11 aromatic rings. The molecule has 8 aromatic carbocycles. The standard InChI is InChI=1S/C52H35N5/c1-56-46-26-22-38(34-14-6-2-7-15-34)30-42(46)43-32-40(23-27-47(43)56)41-25-29-49-45(33-41)44-31-39(35-16-8-3-9-17-35)24-28-48(44)57(49)52-54-50(36-18-10-4-11-19-36)53-51(55-52)37-20-12-5-13-21-37/h2-33H,1H3. The molecular weight excluding hydrogens is 695 g/mol. The van der Waals surface area contributed by atoms with Gasteiger partial charge in [-0.25, -0.2) is 4.98 Å². The van der Waals surface area contributed by atoms with Gasteiger partial charge in [-0.15, -0.1) is 0 Å². The number of rotatable bonds is 6. The zero-order valence-corrected chi connectivity index (χ0v) is 31.2. The van der Waals surface area contributed by atoms with Gasteiger partial charge in [-0.2, -0.15) is 9.97 Å². The number of aromatic nitrogens is 5. The van der Waals surface area contributed by atoms with Crippen molar-refractivity contribution in [2.45, 2.75) is 0 Å². The summed E-state index contributed by atoms with van der Waals surface area (Å²) in [5.41, 5.74) is 13.4. The molecule has 3 aromatic heterocycles. The van der Waals surface area contributed by atoms with Gasteiger partial charge in [-0.3, -0.25) is 4.57 Å². The first kappa shape index (κ1) is 32.8. The number of aryl methyl sites for hydroxylation is 1. The maximum atomic E-state index is 5.17. The maximum Gasteiger partial charge on any atom is 0.238 e. The third-order valence-electron chi connectivity index (χ3n) is 11.2. The van der Waals surface area contributed by atoms with Gasteiger partial charge >= 0.3 is 0 Å². The second kappa shape index (κ2) is 13.3. The summed E-state index contributed by atoms with van der Waals surface area (Å²) in [6, 6.07) is 68.7. The Balaban J connectivity index is 1.13. The van der Waals surface area contributed by atoms with Gasteiger partial charge in [0.05, 0.1) is 11.0 Å². The van der Waals surface area contributed by atoms with Crippen molar-refractivity contribution in [1.29, 1.82) is 0 Å². The van der Waals surface area contributed by atoms with Crippen molar-refractivity contribution in [3.8, 4) is 62.1 Å². The fourth-order valence-electron chi connectivity index (χ4n) is 8.33. The second-order valence-electron chi connectivity index (χ2n) is 14.6. The quantitative estimate of drug-likeness (QED) is 0.171. The van der Waals surface area contributed by atoms with Gasteiger partial charge in [0.2, 0.25) is 5.95 Å². The smallest absolute Gasteiger partial charge is 0.238 e. The van der Waals surface area contributed by atoms with Crippen molar-refractivity contribution in [3.63, 3.8) is 0 Å². The Morgan fingerprint density at radius 3 is 1.00 bits per heavy atom. The summed E-state index contributed by atoms with van der Waals surface area (Å²) in [7, 11) is 2.16. The molecule has 268 valence electrons. The lowest BCUT2D eigenvalue weighted by Crippen LogP contribution is -2.06. The van der Waals surface area contributed by atoms with E-state index >= 15 is 0 Å². The predicted octanol–water partition coefficient (Wildman–Crippen LogP) is 12.9. The lowest BCUT2D eigenvalue weighted by molar-refractivity contribution is 0.953. The fraction of sp³-hybridized carbons (Fsp3) is 0.0192. The molecular formula is C52H35N5. The van der Waals surface area contributed by atoms with Gasteiger partial charge in [-0.1, -0.05) is 146 Å². The van der Waals surface area contributed by atoms with Gasteiger partial charge in [0, 0.05) is 50.8 Å². The minimum Gasteiger partial charge on any atom is -0.344 e. The molecule has 0 fully saturated rings. The minimum absolute atomic E-state index is 0.578. The Kier molecular flexibility index (Phi) is 7.64. The van der Waals surface area contributed by atoms with Gasteiger partial charge in [-0.05, 0) is 81.9 Å². The summed E-state index contributed by atoms with van der Waals surface area (Å²) in [6.45, 7) is 0. The third-order valence-corrected chi connectivity index (χ3v) is 11.2. The molecule has 57 heavy (non-hydrogen) atoms. The Morgan fingerprint density at radius 1 is 0.298 bits per heavy atom. The summed E-state index contributed by atoms with van der Waals surface area (Å²) in [5.74, 6) is 1.84. The van der Waals surface area contributed by atoms with Crippen LogP contribution in [0.5, 0.6) is 0 Å². The minimum atomic E-state index is 0.578. The first-order chi connectivity index (χ1) is 28.2. The molecule has 3 heterocycles. The van der Waals surface area contributed by atoms with Gasteiger partial charge in [0.25, 0.3) is 0 Å². The highest BCUT2D eigenvalue weighted by Crippen LogP contribution is 2.39. The van der Waals surface area contributed by atoms with Crippen LogP contribution >= 0.6 is 0 Å². The monoisotopic (exact) mass is 729 g/mol. The highest BCUT2D eigenvalue weighted by molar-refractivity contribution is 6.13. The summed E-state index contributed by atoms with van der Waals surface area (Å²) < 4.78 is 4.50. The van der Waals surface area contributed by atoms with Gasteiger partial charge < -0.3 is 4.57 Å². The summed E-state index contributed by atoms with van der Waals surface area (Å²) >= 11 is 0. The van der Waals surface area contributed by atoms with Crippen LogP contribution in [0.15, 0.2) is 194 Å². The molecule has 0 aliphatic heterocycles. The van der Waals surface area contributed by atoms with E-state index in [2.05, 4.69) is 150 Å². The molecule has 0 spiro atoms. The molecule has 0 amide bonds. The largest absolute Gasteiger partial charge is 0.344 e. The van der Waals surface area contributed by atoms with Crippen molar-refractivity contribution in [1.82, 2.24) is 24.1 Å². The van der Waals surface area contributed by atoms with E-state index in [1.165, 1.54) is 44.1 Å². The van der Waals surface area contributed by atoms with Crippen LogP contribution in [-0.4, -0.2) is 24.1 Å². The predicted molar refractivity (Wildman–Crippen MR) is 235 cm³/mol.